The van der Waals surface area contributed by atoms with Gasteiger partial charge in [-0.25, -0.2) is 0 Å². The van der Waals surface area contributed by atoms with Gasteiger partial charge in [-0.2, -0.15) is 0 Å². The van der Waals surface area contributed by atoms with Crippen molar-refractivity contribution in [3.05, 3.63) is 11.3 Å². The van der Waals surface area contributed by atoms with E-state index in [1.165, 1.54) is 11.3 Å². The zero-order valence-corrected chi connectivity index (χ0v) is 6.50. The summed E-state index contributed by atoms with van der Waals surface area (Å²) in [6.07, 6.45) is 2.99. The number of allylic oxidation sites excluding steroid dienone is 2. The van der Waals surface area contributed by atoms with E-state index in [2.05, 4.69) is 38.9 Å². The molecule has 0 fully saturated rings. The van der Waals surface area contributed by atoms with Crippen LogP contribution in [0.15, 0.2) is 11.3 Å². The summed E-state index contributed by atoms with van der Waals surface area (Å²) < 4.78 is 0. The normalized spacial score (nSPS) is 18.2. The van der Waals surface area contributed by atoms with Crippen molar-refractivity contribution in [2.24, 2.45) is 5.41 Å². The Morgan fingerprint density at radius 3 is 1.89 bits per heavy atom. The lowest BCUT2D eigenvalue weighted by molar-refractivity contribution is -0.422. The van der Waals surface area contributed by atoms with Crippen LogP contribution in [0.5, 0.6) is 0 Å². The minimum atomic E-state index is 0.273. The van der Waals surface area contributed by atoms with Gasteiger partial charge in [-0.05, 0) is 5.57 Å². The summed E-state index contributed by atoms with van der Waals surface area (Å²) in [4.78, 5) is 3.06. The molecule has 1 aliphatic rings. The third-order valence-electron chi connectivity index (χ3n) is 1.50. The average molecular weight is 123 g/mol. The van der Waals surface area contributed by atoms with Crippen LogP contribution in [0.25, 0.3) is 0 Å². The van der Waals surface area contributed by atoms with E-state index in [1.807, 2.05) is 0 Å². The van der Waals surface area contributed by atoms with Gasteiger partial charge in [-0.3, -0.25) is 0 Å². The maximum Gasteiger partial charge on any atom is 0.121 e. The van der Waals surface area contributed by atoms with Crippen LogP contribution in [0.4, 0.5) is 0 Å². The molecule has 0 spiro atoms. The molecule has 1 N–H and O–H groups in total. The zero-order chi connectivity index (χ0) is 7.07. The first kappa shape index (κ1) is 6.53. The first-order valence-corrected chi connectivity index (χ1v) is 3.25. The number of rotatable bonds is 0. The first-order chi connectivity index (χ1) is 4.02. The van der Waals surface area contributed by atoms with E-state index in [0.717, 1.165) is 0 Å². The van der Waals surface area contributed by atoms with Crippen LogP contribution in [0, 0.1) is 5.41 Å². The van der Waals surface area contributed by atoms with Crippen LogP contribution in [-0.2, 0) is 0 Å². The Morgan fingerprint density at radius 1 is 1.33 bits per heavy atom. The predicted molar refractivity (Wildman–Crippen MR) is 38.1 cm³/mol. The molecule has 1 aliphatic heterocycles. The van der Waals surface area contributed by atoms with Gasteiger partial charge in [0.1, 0.15) is 6.21 Å². The molecule has 1 rings (SSSR count). The molecule has 0 amide bonds. The van der Waals surface area contributed by atoms with Crippen LogP contribution in [0.3, 0.4) is 0 Å². The molecular weight excluding hydrogens is 110 g/mol. The van der Waals surface area contributed by atoms with Crippen molar-refractivity contribution in [3.63, 3.8) is 0 Å². The number of nitrogens with one attached hydrogen (secondary N) is 1. The molecule has 0 radical (unpaired) electrons. The average Bonchev–Trinajstić information content (AvgIpc) is 1.57. The van der Waals surface area contributed by atoms with Crippen LogP contribution >= 0.6 is 0 Å². The minimum Gasteiger partial charge on any atom is -0.320 e. The third kappa shape index (κ3) is 1.04. The number of hydrogen-bond acceptors (Lipinski definition) is 0. The summed E-state index contributed by atoms with van der Waals surface area (Å²) in [5.74, 6) is 0. The highest BCUT2D eigenvalue weighted by atomic mass is 14.8. The van der Waals surface area contributed by atoms with E-state index in [0.29, 0.717) is 0 Å². The van der Waals surface area contributed by atoms with E-state index < -0.39 is 0 Å². The molecule has 0 aliphatic carbocycles. The molecule has 0 bridgehead atoms. The van der Waals surface area contributed by atoms with E-state index in [-0.39, 0.29) is 5.41 Å². The van der Waals surface area contributed by atoms with Gasteiger partial charge < -0.3 is 4.99 Å². The fourth-order valence-electron chi connectivity index (χ4n) is 1.00. The van der Waals surface area contributed by atoms with E-state index >= 15 is 0 Å². The second-order valence-electron chi connectivity index (χ2n) is 3.50. The Bertz CT molecular complexity index is 179. The van der Waals surface area contributed by atoms with Crippen LogP contribution in [-0.4, -0.2) is 6.21 Å². The van der Waals surface area contributed by atoms with Gasteiger partial charge in [-0.15, -0.1) is 0 Å². The van der Waals surface area contributed by atoms with Gasteiger partial charge in [0.15, 0.2) is 0 Å². The van der Waals surface area contributed by atoms with E-state index in [9.17, 15) is 0 Å². The summed E-state index contributed by atoms with van der Waals surface area (Å²) >= 11 is 0. The Morgan fingerprint density at radius 2 is 1.89 bits per heavy atom. The van der Waals surface area contributed by atoms with Crippen LogP contribution in [0.1, 0.15) is 27.7 Å². The quantitative estimate of drug-likeness (QED) is 0.447. The Kier molecular flexibility index (Phi) is 1.23. The maximum atomic E-state index is 3.06. The highest BCUT2D eigenvalue weighted by Gasteiger charge is 2.22. The van der Waals surface area contributed by atoms with Crippen molar-refractivity contribution < 1.29 is 4.99 Å². The third-order valence-corrected chi connectivity index (χ3v) is 1.50. The summed E-state index contributed by atoms with van der Waals surface area (Å²) in [6, 6.07) is 0. The summed E-state index contributed by atoms with van der Waals surface area (Å²) in [5.41, 5.74) is 2.86. The van der Waals surface area contributed by atoms with Gasteiger partial charge in [0.05, 0.1) is 5.70 Å². The fraction of sp³-hybridized carbons (Fsp3) is 0.625. The molecule has 0 saturated heterocycles. The van der Waals surface area contributed by atoms with Gasteiger partial charge >= 0.3 is 0 Å². The molecule has 50 valence electrons. The SMILES string of the molecule is CC1=C(C(C)(C)C)[NH+]=[C-]1. The van der Waals surface area contributed by atoms with Gasteiger partial charge in [0.25, 0.3) is 0 Å². The van der Waals surface area contributed by atoms with Crippen molar-refractivity contribution >= 4 is 6.21 Å². The summed E-state index contributed by atoms with van der Waals surface area (Å²) in [5, 5.41) is 0. The van der Waals surface area contributed by atoms with Gasteiger partial charge in [-0.1, -0.05) is 27.7 Å². The topological polar surface area (TPSA) is 14.0 Å². The molecule has 0 aromatic heterocycles. The molecule has 9 heavy (non-hydrogen) atoms. The van der Waals surface area contributed by atoms with Crippen LogP contribution in [0.2, 0.25) is 0 Å². The lowest BCUT2D eigenvalue weighted by Crippen LogP contribution is -2.76. The van der Waals surface area contributed by atoms with E-state index in [1.54, 1.807) is 0 Å². The molecule has 1 nitrogen and oxygen atoms in total. The lowest BCUT2D eigenvalue weighted by atomic mass is 9.87. The van der Waals surface area contributed by atoms with Crippen molar-refractivity contribution in [1.29, 1.82) is 0 Å². The minimum absolute atomic E-state index is 0.273. The molecule has 0 saturated carbocycles. The molecular formula is C8H13N. The first-order valence-electron chi connectivity index (χ1n) is 3.25. The standard InChI is InChI=1S/C8H13N/c1-6-5-9-7(6)8(2,3)4/h9H,1-4H3. The van der Waals surface area contributed by atoms with Gasteiger partial charge in [0.2, 0.25) is 0 Å². The molecule has 0 aromatic rings. The molecule has 0 unspecified atom stereocenters. The fourth-order valence-corrected chi connectivity index (χ4v) is 1.00. The smallest absolute Gasteiger partial charge is 0.121 e. The van der Waals surface area contributed by atoms with Gasteiger partial charge in [0, 0.05) is 5.41 Å². The molecule has 0 atom stereocenters. The predicted octanol–water partition coefficient (Wildman–Crippen LogP) is 0.349. The Labute approximate surface area is 56.5 Å². The Hall–Kier alpha value is -0.590. The second-order valence-corrected chi connectivity index (χ2v) is 3.50. The van der Waals surface area contributed by atoms with E-state index in [4.69, 9.17) is 0 Å². The van der Waals surface area contributed by atoms with Crippen LogP contribution < -0.4 is 4.99 Å². The molecule has 1 heterocycles. The van der Waals surface area contributed by atoms with Crippen molar-refractivity contribution in [1.82, 2.24) is 0 Å². The molecule has 1 heteroatoms. The zero-order valence-electron chi connectivity index (χ0n) is 6.50. The Balaban J connectivity index is 2.77. The second kappa shape index (κ2) is 1.69. The maximum absolute atomic E-state index is 3.06. The van der Waals surface area contributed by atoms with Crippen molar-refractivity contribution in [2.45, 2.75) is 27.7 Å². The monoisotopic (exact) mass is 123 g/mol. The largest absolute Gasteiger partial charge is 0.320 e. The van der Waals surface area contributed by atoms with Crippen molar-refractivity contribution in [3.8, 4) is 0 Å². The lowest BCUT2D eigenvalue weighted by Gasteiger charge is -2.24. The number of hydrogen-bond donors (Lipinski definition) is 1. The highest BCUT2D eigenvalue weighted by molar-refractivity contribution is 5.77. The van der Waals surface area contributed by atoms with Crippen molar-refractivity contribution in [2.75, 3.05) is 0 Å². The summed E-state index contributed by atoms with van der Waals surface area (Å²) in [7, 11) is 0. The summed E-state index contributed by atoms with van der Waals surface area (Å²) in [6.45, 7) is 8.66. The highest BCUT2D eigenvalue weighted by Crippen LogP contribution is 2.22. The molecule has 0 aromatic carbocycles.